The molecule has 2 N–H and O–H groups in total. The van der Waals surface area contributed by atoms with Crippen LogP contribution in [0.5, 0.6) is 0 Å². The molecule has 1 saturated heterocycles. The summed E-state index contributed by atoms with van der Waals surface area (Å²) >= 11 is 6.26. The number of hydrogen-bond acceptors (Lipinski definition) is 3. The van der Waals surface area contributed by atoms with Crippen molar-refractivity contribution in [1.29, 1.82) is 0 Å². The van der Waals surface area contributed by atoms with Gasteiger partial charge in [0.25, 0.3) is 5.91 Å². The van der Waals surface area contributed by atoms with E-state index in [-0.39, 0.29) is 11.6 Å². The number of likely N-dealkylation sites (tertiary alicyclic amines) is 1. The summed E-state index contributed by atoms with van der Waals surface area (Å²) in [5, 5.41) is 7.55. The Hall–Kier alpha value is -2.04. The van der Waals surface area contributed by atoms with Crippen LogP contribution < -0.4 is 10.6 Å². The minimum absolute atomic E-state index is 0.0175. The van der Waals surface area contributed by atoms with Crippen LogP contribution in [0.3, 0.4) is 0 Å². The van der Waals surface area contributed by atoms with E-state index in [1.807, 2.05) is 42.5 Å². The third-order valence-electron chi connectivity index (χ3n) is 4.96. The Kier molecular flexibility index (Phi) is 3.94. The van der Waals surface area contributed by atoms with Crippen LogP contribution in [-0.4, -0.2) is 29.6 Å². The quantitative estimate of drug-likeness (QED) is 0.879. The summed E-state index contributed by atoms with van der Waals surface area (Å²) in [6.45, 7) is 2.68. The Labute approximate surface area is 146 Å². The summed E-state index contributed by atoms with van der Waals surface area (Å²) in [5.41, 5.74) is 2.48. The molecule has 2 aliphatic heterocycles. The van der Waals surface area contributed by atoms with E-state index < -0.39 is 0 Å². The number of nitrogens with zero attached hydrogens (tertiary/aromatic N) is 1. The minimum atomic E-state index is -0.331. The van der Waals surface area contributed by atoms with Crippen molar-refractivity contribution in [3.63, 3.8) is 0 Å². The predicted molar refractivity (Wildman–Crippen MR) is 96.2 cm³/mol. The Morgan fingerprint density at radius 1 is 1.00 bits per heavy atom. The van der Waals surface area contributed by atoms with E-state index in [4.69, 9.17) is 11.6 Å². The predicted octanol–water partition coefficient (Wildman–Crippen LogP) is 3.49. The minimum Gasteiger partial charge on any atom is -0.362 e. The lowest BCUT2D eigenvalue weighted by Crippen LogP contribution is -2.62. The molecule has 0 saturated carbocycles. The fraction of sp³-hybridized carbons (Fsp3) is 0.316. The van der Waals surface area contributed by atoms with Crippen molar-refractivity contribution in [2.45, 2.75) is 25.0 Å². The van der Waals surface area contributed by atoms with E-state index in [2.05, 4.69) is 21.6 Å². The molecule has 4 nitrogen and oxygen atoms in total. The molecular formula is C19H20ClN3O. The first-order chi connectivity index (χ1) is 11.7. The highest BCUT2D eigenvalue weighted by molar-refractivity contribution is 6.31. The van der Waals surface area contributed by atoms with E-state index in [1.54, 1.807) is 0 Å². The fourth-order valence-corrected chi connectivity index (χ4v) is 3.77. The monoisotopic (exact) mass is 341 g/mol. The molecule has 1 amide bonds. The number of halogens is 1. The van der Waals surface area contributed by atoms with Crippen LogP contribution in [0.25, 0.3) is 0 Å². The zero-order chi connectivity index (χ0) is 16.6. The van der Waals surface area contributed by atoms with Crippen LogP contribution in [0.1, 0.15) is 28.8 Å². The van der Waals surface area contributed by atoms with Gasteiger partial charge in [0, 0.05) is 43.2 Å². The van der Waals surface area contributed by atoms with Gasteiger partial charge >= 0.3 is 0 Å². The van der Waals surface area contributed by atoms with Crippen molar-refractivity contribution in [3.05, 3.63) is 64.7 Å². The number of para-hydroxylation sites is 1. The van der Waals surface area contributed by atoms with Crippen molar-refractivity contribution in [2.24, 2.45) is 0 Å². The average molecular weight is 342 g/mol. The van der Waals surface area contributed by atoms with Crippen LogP contribution in [0, 0.1) is 0 Å². The number of amides is 1. The molecule has 2 heterocycles. The third kappa shape index (κ3) is 2.87. The summed E-state index contributed by atoms with van der Waals surface area (Å²) in [5.74, 6) is 0.0175. The van der Waals surface area contributed by atoms with Crippen molar-refractivity contribution in [1.82, 2.24) is 10.2 Å². The fourth-order valence-electron chi connectivity index (χ4n) is 3.57. The standard InChI is InChI=1S/C19H20ClN3O/c20-16-7-3-1-5-14(16)13-23-11-9-19(10-12-23)21-17-8-4-2-6-15(17)18(24)22-19/h1-8,21H,9-13H2,(H,22,24). The van der Waals surface area contributed by atoms with Crippen LogP contribution in [-0.2, 0) is 6.54 Å². The van der Waals surface area contributed by atoms with Crippen LogP contribution in [0.2, 0.25) is 5.02 Å². The van der Waals surface area contributed by atoms with Gasteiger partial charge < -0.3 is 10.6 Å². The second-order valence-electron chi connectivity index (χ2n) is 6.57. The number of benzene rings is 2. The molecule has 124 valence electrons. The zero-order valence-corrected chi connectivity index (χ0v) is 14.1. The number of carbonyl (C=O) groups is 1. The van der Waals surface area contributed by atoms with E-state index in [1.165, 1.54) is 0 Å². The first-order valence-corrected chi connectivity index (χ1v) is 8.69. The highest BCUT2D eigenvalue weighted by atomic mass is 35.5. The highest BCUT2D eigenvalue weighted by Gasteiger charge is 2.39. The van der Waals surface area contributed by atoms with E-state index in [0.717, 1.165) is 54.3 Å². The third-order valence-corrected chi connectivity index (χ3v) is 5.33. The first-order valence-electron chi connectivity index (χ1n) is 8.31. The number of fused-ring (bicyclic) bond motifs is 1. The molecule has 5 heteroatoms. The molecule has 2 aromatic carbocycles. The van der Waals surface area contributed by atoms with Crippen molar-refractivity contribution in [2.75, 3.05) is 18.4 Å². The number of rotatable bonds is 2. The lowest BCUT2D eigenvalue weighted by Gasteiger charge is -2.46. The molecule has 2 aliphatic rings. The van der Waals surface area contributed by atoms with Gasteiger partial charge in [0.1, 0.15) is 5.66 Å². The van der Waals surface area contributed by atoms with E-state index >= 15 is 0 Å². The molecule has 0 radical (unpaired) electrons. The SMILES string of the molecule is O=C1NC2(CCN(Cc3ccccc3Cl)CC2)Nc2ccccc21. The molecule has 1 spiro atoms. The Morgan fingerprint density at radius 3 is 2.50 bits per heavy atom. The molecule has 2 aromatic rings. The smallest absolute Gasteiger partial charge is 0.255 e. The van der Waals surface area contributed by atoms with Gasteiger partial charge in [-0.15, -0.1) is 0 Å². The lowest BCUT2D eigenvalue weighted by molar-refractivity contribution is 0.0822. The van der Waals surface area contributed by atoms with E-state index in [0.29, 0.717) is 0 Å². The van der Waals surface area contributed by atoms with Gasteiger partial charge in [0.05, 0.1) is 5.56 Å². The maximum absolute atomic E-state index is 12.4. The number of carbonyl (C=O) groups excluding carboxylic acids is 1. The second kappa shape index (κ2) is 6.11. The summed E-state index contributed by atoms with van der Waals surface area (Å²) in [4.78, 5) is 14.8. The Bertz CT molecular complexity index is 769. The zero-order valence-electron chi connectivity index (χ0n) is 13.4. The van der Waals surface area contributed by atoms with Gasteiger partial charge in [0.2, 0.25) is 0 Å². The Balaban J connectivity index is 1.45. The van der Waals surface area contributed by atoms with Gasteiger partial charge in [-0.3, -0.25) is 9.69 Å². The maximum Gasteiger partial charge on any atom is 0.255 e. The summed E-state index contributed by atoms with van der Waals surface area (Å²) in [7, 11) is 0. The summed E-state index contributed by atoms with van der Waals surface area (Å²) in [6.07, 6.45) is 1.75. The number of hydrogen-bond donors (Lipinski definition) is 2. The van der Waals surface area contributed by atoms with Crippen molar-refractivity contribution in [3.8, 4) is 0 Å². The van der Waals surface area contributed by atoms with Crippen LogP contribution in [0.15, 0.2) is 48.5 Å². The van der Waals surface area contributed by atoms with Gasteiger partial charge in [-0.2, -0.15) is 0 Å². The van der Waals surface area contributed by atoms with Crippen molar-refractivity contribution >= 4 is 23.2 Å². The van der Waals surface area contributed by atoms with Gasteiger partial charge in [-0.1, -0.05) is 41.9 Å². The van der Waals surface area contributed by atoms with Crippen LogP contribution >= 0.6 is 11.6 Å². The molecular weight excluding hydrogens is 322 g/mol. The molecule has 0 atom stereocenters. The van der Waals surface area contributed by atoms with Crippen LogP contribution in [0.4, 0.5) is 5.69 Å². The van der Waals surface area contributed by atoms with Gasteiger partial charge in [-0.05, 0) is 23.8 Å². The summed E-state index contributed by atoms with van der Waals surface area (Å²) in [6, 6.07) is 15.7. The molecule has 1 fully saturated rings. The molecule has 4 rings (SSSR count). The lowest BCUT2D eigenvalue weighted by atomic mass is 9.92. The van der Waals surface area contributed by atoms with E-state index in [9.17, 15) is 4.79 Å². The molecule has 0 bridgehead atoms. The topological polar surface area (TPSA) is 44.4 Å². The Morgan fingerprint density at radius 2 is 1.71 bits per heavy atom. The second-order valence-corrected chi connectivity index (χ2v) is 6.98. The molecule has 0 unspecified atom stereocenters. The molecule has 0 aromatic heterocycles. The number of piperidine rings is 1. The molecule has 0 aliphatic carbocycles. The normalized spacial score (nSPS) is 19.5. The summed E-state index contributed by atoms with van der Waals surface area (Å²) < 4.78 is 0. The highest BCUT2D eigenvalue weighted by Crippen LogP contribution is 2.31. The number of anilines is 1. The number of nitrogens with one attached hydrogen (secondary N) is 2. The van der Waals surface area contributed by atoms with Crippen molar-refractivity contribution < 1.29 is 4.79 Å². The molecule has 24 heavy (non-hydrogen) atoms. The largest absolute Gasteiger partial charge is 0.362 e. The average Bonchev–Trinajstić information content (AvgIpc) is 2.59. The first kappa shape index (κ1) is 15.5. The maximum atomic E-state index is 12.4. The van der Waals surface area contributed by atoms with Gasteiger partial charge in [0.15, 0.2) is 0 Å². The van der Waals surface area contributed by atoms with Gasteiger partial charge in [-0.25, -0.2) is 0 Å².